The van der Waals surface area contributed by atoms with Crippen LogP contribution >= 0.6 is 0 Å². The van der Waals surface area contributed by atoms with Crippen molar-refractivity contribution in [3.8, 4) is 56.2 Å². The van der Waals surface area contributed by atoms with Crippen molar-refractivity contribution in [3.63, 3.8) is 0 Å². The first-order chi connectivity index (χ1) is 26.7. The van der Waals surface area contributed by atoms with Gasteiger partial charge < -0.3 is 5.32 Å². The van der Waals surface area contributed by atoms with E-state index >= 15 is 0 Å². The van der Waals surface area contributed by atoms with Gasteiger partial charge in [-0.15, -0.1) is 0 Å². The van der Waals surface area contributed by atoms with Gasteiger partial charge in [0.1, 0.15) is 0 Å². The summed E-state index contributed by atoms with van der Waals surface area (Å²) in [5.41, 5.74) is 11.9. The number of fused-ring (bicyclic) bond motifs is 6. The third kappa shape index (κ3) is 5.82. The van der Waals surface area contributed by atoms with Crippen LogP contribution in [0.5, 0.6) is 0 Å². The average Bonchev–Trinajstić information content (AvgIpc) is 3.27. The molecular weight excluding hydrogens is 655 g/mol. The fraction of sp³-hybridized carbons (Fsp3) is 0.0196. The third-order valence-electron chi connectivity index (χ3n) is 10.5. The minimum Gasteiger partial charge on any atom is -0.387 e. The van der Waals surface area contributed by atoms with Crippen LogP contribution in [0, 0.1) is 0 Å². The van der Waals surface area contributed by atoms with Crippen molar-refractivity contribution >= 4 is 37.9 Å². The minimum absolute atomic E-state index is 0.696. The van der Waals surface area contributed by atoms with E-state index < -0.39 is 0 Å². The van der Waals surface area contributed by atoms with E-state index in [0.717, 1.165) is 45.7 Å². The number of hydrogen-bond donors (Lipinski definition) is 1. The molecule has 54 heavy (non-hydrogen) atoms. The molecule has 0 radical (unpaired) electrons. The molecule has 1 aliphatic rings. The Morgan fingerprint density at radius 2 is 0.833 bits per heavy atom. The molecule has 254 valence electrons. The highest BCUT2D eigenvalue weighted by Crippen LogP contribution is 2.38. The Bertz CT molecular complexity index is 2890. The second-order valence-electron chi connectivity index (χ2n) is 13.9. The molecule has 0 aliphatic carbocycles. The van der Waals surface area contributed by atoms with Gasteiger partial charge in [0.05, 0.1) is 11.4 Å². The van der Waals surface area contributed by atoms with Crippen molar-refractivity contribution in [1.29, 1.82) is 0 Å². The topological polar surface area (TPSA) is 37.8 Å². The van der Waals surface area contributed by atoms with E-state index in [1.54, 1.807) is 0 Å². The molecule has 0 spiro atoms. The van der Waals surface area contributed by atoms with Gasteiger partial charge in [0.15, 0.2) is 5.82 Å². The molecular formula is C51H35N3. The highest BCUT2D eigenvalue weighted by Gasteiger charge is 2.14. The number of nitrogens with zero attached hydrogens (tertiary/aromatic N) is 2. The van der Waals surface area contributed by atoms with Gasteiger partial charge in [0.2, 0.25) is 0 Å². The molecule has 0 bridgehead atoms. The van der Waals surface area contributed by atoms with Crippen molar-refractivity contribution in [3.05, 3.63) is 200 Å². The number of nitrogens with one attached hydrogen (secondary N) is 1. The standard InChI is InChI=1S/C51H35N3/c1-2-11-34(12-3-1)37-13-8-15-40(29-37)49-32-50(41-16-9-14-38(30-41)42-17-10-28-52-33-42)54-51(53-49)36-24-22-35(23-25-36)39-26-27-47-45-20-5-4-18-43(45)44-19-6-7-21-46(44)48(47)31-39/h1-32,52H,33H2. The van der Waals surface area contributed by atoms with Crippen molar-refractivity contribution in [1.82, 2.24) is 15.3 Å². The van der Waals surface area contributed by atoms with Crippen molar-refractivity contribution in [2.24, 2.45) is 0 Å². The molecule has 0 fully saturated rings. The fourth-order valence-electron chi connectivity index (χ4n) is 7.80. The monoisotopic (exact) mass is 689 g/mol. The van der Waals surface area contributed by atoms with Gasteiger partial charge in [-0.1, -0.05) is 158 Å². The fourth-order valence-corrected chi connectivity index (χ4v) is 7.80. The van der Waals surface area contributed by atoms with Gasteiger partial charge in [-0.2, -0.15) is 0 Å². The van der Waals surface area contributed by atoms with Crippen LogP contribution in [0.15, 0.2) is 194 Å². The summed E-state index contributed by atoms with van der Waals surface area (Å²) in [7, 11) is 0. The summed E-state index contributed by atoms with van der Waals surface area (Å²) in [4.78, 5) is 10.4. The summed E-state index contributed by atoms with van der Waals surface area (Å²) < 4.78 is 0. The molecule has 0 amide bonds. The summed E-state index contributed by atoms with van der Waals surface area (Å²) in [5, 5.41) is 11.0. The second-order valence-corrected chi connectivity index (χ2v) is 13.9. The summed E-state index contributed by atoms with van der Waals surface area (Å²) in [6.07, 6.45) is 6.20. The van der Waals surface area contributed by atoms with Gasteiger partial charge in [0.25, 0.3) is 0 Å². The van der Waals surface area contributed by atoms with Crippen LogP contribution in [-0.2, 0) is 0 Å². The van der Waals surface area contributed by atoms with Crippen LogP contribution in [0.1, 0.15) is 5.56 Å². The molecule has 3 nitrogen and oxygen atoms in total. The van der Waals surface area contributed by atoms with Crippen LogP contribution in [0.3, 0.4) is 0 Å². The average molecular weight is 690 g/mol. The molecule has 1 aromatic heterocycles. The number of aromatic nitrogens is 2. The van der Waals surface area contributed by atoms with E-state index in [2.05, 4.69) is 193 Å². The highest BCUT2D eigenvalue weighted by atomic mass is 14.9. The van der Waals surface area contributed by atoms with E-state index in [4.69, 9.17) is 9.97 Å². The van der Waals surface area contributed by atoms with E-state index in [1.807, 2.05) is 6.20 Å². The predicted octanol–water partition coefficient (Wildman–Crippen LogP) is 12.8. The Hall–Kier alpha value is -7.10. The number of allylic oxidation sites excluding steroid dienone is 2. The minimum atomic E-state index is 0.696. The quantitative estimate of drug-likeness (QED) is 0.177. The van der Waals surface area contributed by atoms with Crippen molar-refractivity contribution in [2.75, 3.05) is 6.54 Å². The molecule has 1 N–H and O–H groups in total. The molecule has 0 atom stereocenters. The Balaban J connectivity index is 1.07. The molecule has 2 heterocycles. The van der Waals surface area contributed by atoms with Crippen LogP contribution in [-0.4, -0.2) is 16.5 Å². The van der Waals surface area contributed by atoms with Crippen LogP contribution in [0.2, 0.25) is 0 Å². The lowest BCUT2D eigenvalue weighted by Gasteiger charge is -2.14. The molecule has 0 saturated heterocycles. The molecule has 9 aromatic rings. The lowest BCUT2D eigenvalue weighted by molar-refractivity contribution is 0.986. The molecule has 10 rings (SSSR count). The Morgan fingerprint density at radius 3 is 1.48 bits per heavy atom. The largest absolute Gasteiger partial charge is 0.387 e. The Kier molecular flexibility index (Phi) is 7.88. The van der Waals surface area contributed by atoms with E-state index in [0.29, 0.717) is 5.82 Å². The van der Waals surface area contributed by atoms with Gasteiger partial charge >= 0.3 is 0 Å². The SMILES string of the molecule is C1=CNCC(c2cccc(-c3cc(-c4cccc(-c5ccccc5)c4)nc(-c4ccc(-c5ccc6c7ccccc7c7ccccc7c6c5)cc4)n3)c2)=C1. The smallest absolute Gasteiger partial charge is 0.160 e. The normalized spacial score (nSPS) is 12.6. The number of hydrogen-bond acceptors (Lipinski definition) is 3. The molecule has 8 aromatic carbocycles. The number of rotatable bonds is 6. The highest BCUT2D eigenvalue weighted by molar-refractivity contribution is 6.25. The molecule has 0 unspecified atom stereocenters. The van der Waals surface area contributed by atoms with Gasteiger partial charge in [-0.05, 0) is 102 Å². The summed E-state index contributed by atoms with van der Waals surface area (Å²) in [6.45, 7) is 0.795. The first-order valence-corrected chi connectivity index (χ1v) is 18.4. The first kappa shape index (κ1) is 31.6. The lowest BCUT2D eigenvalue weighted by atomic mass is 9.92. The van der Waals surface area contributed by atoms with Crippen LogP contribution in [0.25, 0.3) is 94.0 Å². The van der Waals surface area contributed by atoms with Crippen molar-refractivity contribution < 1.29 is 0 Å². The zero-order chi connectivity index (χ0) is 35.8. The van der Waals surface area contributed by atoms with Crippen LogP contribution in [0.4, 0.5) is 0 Å². The first-order valence-electron chi connectivity index (χ1n) is 18.4. The van der Waals surface area contributed by atoms with Gasteiger partial charge in [0, 0.05) is 23.2 Å². The second kappa shape index (κ2) is 13.5. The van der Waals surface area contributed by atoms with E-state index in [1.165, 1.54) is 54.6 Å². The zero-order valence-electron chi connectivity index (χ0n) is 29.6. The van der Waals surface area contributed by atoms with Crippen LogP contribution < -0.4 is 5.32 Å². The maximum absolute atomic E-state index is 5.21. The molecule has 1 aliphatic heterocycles. The summed E-state index contributed by atoms with van der Waals surface area (Å²) >= 11 is 0. The van der Waals surface area contributed by atoms with Crippen molar-refractivity contribution in [2.45, 2.75) is 0 Å². The molecule has 0 saturated carbocycles. The maximum Gasteiger partial charge on any atom is 0.160 e. The lowest BCUT2D eigenvalue weighted by Crippen LogP contribution is -2.11. The maximum atomic E-state index is 5.21. The summed E-state index contributed by atoms with van der Waals surface area (Å²) in [6, 6.07) is 62.9. The molecule has 3 heteroatoms. The van der Waals surface area contributed by atoms with Gasteiger partial charge in [-0.3, -0.25) is 0 Å². The zero-order valence-corrected chi connectivity index (χ0v) is 29.6. The third-order valence-corrected chi connectivity index (χ3v) is 10.5. The Morgan fingerprint density at radius 1 is 0.352 bits per heavy atom. The summed E-state index contributed by atoms with van der Waals surface area (Å²) in [5.74, 6) is 0.696. The van der Waals surface area contributed by atoms with Gasteiger partial charge in [-0.25, -0.2) is 9.97 Å². The number of benzene rings is 8. The predicted molar refractivity (Wildman–Crippen MR) is 227 cm³/mol. The Labute approximate surface area is 314 Å². The number of dihydropyridines is 1. The van der Waals surface area contributed by atoms with E-state index in [9.17, 15) is 0 Å². The van der Waals surface area contributed by atoms with E-state index in [-0.39, 0.29) is 0 Å².